The maximum Gasteiger partial charge on any atom is 0.172 e. The van der Waals surface area contributed by atoms with E-state index in [0.29, 0.717) is 34.5 Å². The number of fused-ring (bicyclic) bond motifs is 1. The van der Waals surface area contributed by atoms with E-state index in [1.165, 1.54) is 11.0 Å². The Morgan fingerprint density at radius 3 is 2.70 bits per heavy atom. The highest BCUT2D eigenvalue weighted by Crippen LogP contribution is 2.37. The Bertz CT molecular complexity index is 1010. The number of benzene rings is 1. The second-order valence-corrected chi connectivity index (χ2v) is 7.31. The Labute approximate surface area is 169 Å². The van der Waals surface area contributed by atoms with Crippen molar-refractivity contribution in [2.24, 2.45) is 0 Å². The maximum atomic E-state index is 14.4. The van der Waals surface area contributed by atoms with Crippen molar-refractivity contribution in [3.05, 3.63) is 74.5 Å². The highest BCUT2D eigenvalue weighted by molar-refractivity contribution is 6.31. The molecule has 0 saturated carbocycles. The molecule has 0 amide bonds. The van der Waals surface area contributed by atoms with Gasteiger partial charge in [-0.2, -0.15) is 5.10 Å². The number of aliphatic hydroxyl groups is 1. The third-order valence-electron chi connectivity index (χ3n) is 4.53. The maximum absolute atomic E-state index is 14.4. The number of hydrogen-bond acceptors (Lipinski definition) is 4. The van der Waals surface area contributed by atoms with Gasteiger partial charge in [0.05, 0.1) is 28.0 Å². The number of rotatable bonds is 3. The summed E-state index contributed by atoms with van der Waals surface area (Å²) in [4.78, 5) is 5.75. The Hall–Kier alpha value is -1.86. The van der Waals surface area contributed by atoms with E-state index >= 15 is 0 Å². The predicted molar refractivity (Wildman–Crippen MR) is 103 cm³/mol. The molecule has 1 unspecified atom stereocenters. The van der Waals surface area contributed by atoms with Crippen molar-refractivity contribution in [3.8, 4) is 0 Å². The van der Waals surface area contributed by atoms with E-state index in [4.69, 9.17) is 34.8 Å². The van der Waals surface area contributed by atoms with Gasteiger partial charge < -0.3 is 10.0 Å². The molecular formula is C18H14Cl3FN4O. The van der Waals surface area contributed by atoms with Gasteiger partial charge in [-0.25, -0.2) is 9.07 Å². The summed E-state index contributed by atoms with van der Waals surface area (Å²) in [6, 6.07) is 8.14. The van der Waals surface area contributed by atoms with Crippen LogP contribution in [0.3, 0.4) is 0 Å². The monoisotopic (exact) mass is 426 g/mol. The van der Waals surface area contributed by atoms with Gasteiger partial charge in [0.15, 0.2) is 12.0 Å². The van der Waals surface area contributed by atoms with Crippen LogP contribution >= 0.6 is 34.8 Å². The van der Waals surface area contributed by atoms with Crippen LogP contribution in [0, 0.1) is 5.82 Å². The summed E-state index contributed by atoms with van der Waals surface area (Å²) in [5, 5.41) is 16.1. The zero-order valence-electron chi connectivity index (χ0n) is 13.9. The summed E-state index contributed by atoms with van der Waals surface area (Å²) in [5.74, 6) is -0.576. The minimum Gasteiger partial charge on any atom is -0.368 e. The molecule has 0 spiro atoms. The van der Waals surface area contributed by atoms with Gasteiger partial charge in [0.1, 0.15) is 10.8 Å². The van der Waals surface area contributed by atoms with Crippen molar-refractivity contribution < 1.29 is 9.50 Å². The van der Waals surface area contributed by atoms with E-state index in [-0.39, 0.29) is 17.3 Å². The number of pyridine rings is 1. The molecule has 2 aromatic heterocycles. The fraction of sp³-hybridized carbons (Fsp3) is 0.222. The molecule has 3 aromatic rings. The highest BCUT2D eigenvalue weighted by Gasteiger charge is 2.33. The van der Waals surface area contributed by atoms with Crippen molar-refractivity contribution in [2.75, 3.05) is 11.4 Å². The molecule has 0 bridgehead atoms. The van der Waals surface area contributed by atoms with Gasteiger partial charge in [-0.3, -0.25) is 4.98 Å². The summed E-state index contributed by atoms with van der Waals surface area (Å²) in [5.41, 5.74) is 1.96. The number of aromatic nitrogens is 3. The lowest BCUT2D eigenvalue weighted by atomic mass is 10.1. The number of halogens is 4. The molecule has 1 N–H and O–H groups in total. The molecule has 1 aromatic carbocycles. The quantitative estimate of drug-likeness (QED) is 0.670. The largest absolute Gasteiger partial charge is 0.368 e. The van der Waals surface area contributed by atoms with Crippen molar-refractivity contribution >= 4 is 40.5 Å². The van der Waals surface area contributed by atoms with E-state index in [1.54, 1.807) is 35.1 Å². The zero-order chi connectivity index (χ0) is 19.1. The Morgan fingerprint density at radius 1 is 1.15 bits per heavy atom. The number of aliphatic hydroxyl groups excluding tert-OH is 1. The lowest BCUT2D eigenvalue weighted by Crippen LogP contribution is -2.36. The van der Waals surface area contributed by atoms with Crippen molar-refractivity contribution in [3.63, 3.8) is 0 Å². The normalized spacial score (nSPS) is 16.5. The van der Waals surface area contributed by atoms with Crippen molar-refractivity contribution in [1.29, 1.82) is 0 Å². The molecule has 9 heteroatoms. The SMILES string of the molecule is OC1c2nn(Cc3ncccc3Cl)c(Cl)c2CCN1c1cccc(Cl)c1F. The van der Waals surface area contributed by atoms with Crippen LogP contribution < -0.4 is 4.90 Å². The van der Waals surface area contributed by atoms with Gasteiger partial charge in [0.25, 0.3) is 0 Å². The summed E-state index contributed by atoms with van der Waals surface area (Å²) in [7, 11) is 0. The van der Waals surface area contributed by atoms with Crippen molar-refractivity contribution in [1.82, 2.24) is 14.8 Å². The van der Waals surface area contributed by atoms with Gasteiger partial charge >= 0.3 is 0 Å². The summed E-state index contributed by atoms with van der Waals surface area (Å²) >= 11 is 18.5. The third kappa shape index (κ3) is 3.27. The molecule has 3 heterocycles. The van der Waals surface area contributed by atoms with E-state index in [9.17, 15) is 9.50 Å². The van der Waals surface area contributed by atoms with Gasteiger partial charge in [0.2, 0.25) is 0 Å². The van der Waals surface area contributed by atoms with E-state index < -0.39 is 12.0 Å². The molecule has 27 heavy (non-hydrogen) atoms. The van der Waals surface area contributed by atoms with Crippen LogP contribution in [0.5, 0.6) is 0 Å². The molecule has 4 rings (SSSR count). The Morgan fingerprint density at radius 2 is 1.93 bits per heavy atom. The first-order chi connectivity index (χ1) is 13.0. The fourth-order valence-electron chi connectivity index (χ4n) is 3.18. The van der Waals surface area contributed by atoms with Gasteiger partial charge in [0, 0.05) is 18.3 Å². The van der Waals surface area contributed by atoms with E-state index in [1.807, 2.05) is 0 Å². The third-order valence-corrected chi connectivity index (χ3v) is 5.59. The van der Waals surface area contributed by atoms with Gasteiger partial charge in [-0.1, -0.05) is 40.9 Å². The first-order valence-electron chi connectivity index (χ1n) is 8.20. The predicted octanol–water partition coefficient (Wildman–Crippen LogP) is 4.48. The molecule has 0 radical (unpaired) electrons. The Balaban J connectivity index is 1.68. The van der Waals surface area contributed by atoms with Crippen LogP contribution in [-0.4, -0.2) is 26.4 Å². The molecule has 5 nitrogen and oxygen atoms in total. The average molecular weight is 428 g/mol. The molecule has 1 aliphatic heterocycles. The molecule has 0 aliphatic carbocycles. The minimum absolute atomic E-state index is 0.00106. The molecule has 0 saturated heterocycles. The number of hydrogen-bond donors (Lipinski definition) is 1. The topological polar surface area (TPSA) is 54.2 Å². The minimum atomic E-state index is -1.14. The molecular weight excluding hydrogens is 414 g/mol. The molecule has 1 aliphatic rings. The standard InChI is InChI=1S/C18H14Cl3FN4O/c19-11-4-2-7-23-13(11)9-26-17(21)10-6-8-25(18(27)16(10)24-26)14-5-1-3-12(20)15(14)22/h1-5,7,18,27H,6,8-9H2. The number of anilines is 1. The summed E-state index contributed by atoms with van der Waals surface area (Å²) in [6.07, 6.45) is 1.00. The van der Waals surface area contributed by atoms with E-state index in [2.05, 4.69) is 10.1 Å². The van der Waals surface area contributed by atoms with Crippen molar-refractivity contribution in [2.45, 2.75) is 19.2 Å². The molecule has 1 atom stereocenters. The van der Waals surface area contributed by atoms with Crippen LogP contribution in [-0.2, 0) is 13.0 Å². The second-order valence-electron chi connectivity index (χ2n) is 6.13. The Kier molecular flexibility index (Phi) is 4.99. The average Bonchev–Trinajstić information content (AvgIpc) is 2.97. The summed E-state index contributed by atoms with van der Waals surface area (Å²) < 4.78 is 15.9. The second kappa shape index (κ2) is 7.28. The highest BCUT2D eigenvalue weighted by atomic mass is 35.5. The van der Waals surface area contributed by atoms with Crippen LogP contribution in [0.1, 0.15) is 23.2 Å². The molecule has 140 valence electrons. The van der Waals surface area contributed by atoms with Crippen LogP contribution in [0.4, 0.5) is 10.1 Å². The number of nitrogens with zero attached hydrogens (tertiary/aromatic N) is 4. The smallest absolute Gasteiger partial charge is 0.172 e. The van der Waals surface area contributed by atoms with Gasteiger partial charge in [-0.05, 0) is 30.7 Å². The summed E-state index contributed by atoms with van der Waals surface area (Å²) in [6.45, 7) is 0.644. The molecule has 0 fully saturated rings. The van der Waals surface area contributed by atoms with Gasteiger partial charge in [-0.15, -0.1) is 0 Å². The van der Waals surface area contributed by atoms with Crippen LogP contribution in [0.25, 0.3) is 0 Å². The van der Waals surface area contributed by atoms with E-state index in [0.717, 1.165) is 5.56 Å². The lowest BCUT2D eigenvalue weighted by molar-refractivity contribution is 0.158. The van der Waals surface area contributed by atoms with Crippen LogP contribution in [0.15, 0.2) is 36.5 Å². The first-order valence-corrected chi connectivity index (χ1v) is 9.34. The zero-order valence-corrected chi connectivity index (χ0v) is 16.2. The fourth-order valence-corrected chi connectivity index (χ4v) is 3.82. The van der Waals surface area contributed by atoms with Crippen LogP contribution in [0.2, 0.25) is 15.2 Å². The first kappa shape index (κ1) is 18.5. The lowest BCUT2D eigenvalue weighted by Gasteiger charge is -2.33.